The molecule has 0 saturated heterocycles. The predicted molar refractivity (Wildman–Crippen MR) is 95.5 cm³/mol. The van der Waals surface area contributed by atoms with E-state index in [1.165, 1.54) is 6.07 Å². The van der Waals surface area contributed by atoms with E-state index in [0.717, 1.165) is 43.4 Å². The van der Waals surface area contributed by atoms with E-state index in [1.807, 2.05) is 33.8 Å². The van der Waals surface area contributed by atoms with Crippen molar-refractivity contribution in [3.63, 3.8) is 0 Å². The number of aryl methyl sites for hydroxylation is 1. The van der Waals surface area contributed by atoms with Crippen LogP contribution in [-0.2, 0) is 11.3 Å². The molecular formula is C19H31FN2O2. The van der Waals surface area contributed by atoms with Crippen LogP contribution in [0.3, 0.4) is 0 Å². The Morgan fingerprint density at radius 2 is 1.79 bits per heavy atom. The number of unbranched alkanes of at least 4 members (excludes halogenated alkanes) is 3. The summed E-state index contributed by atoms with van der Waals surface area (Å²) in [6.07, 6.45) is 3.76. The summed E-state index contributed by atoms with van der Waals surface area (Å²) in [6.45, 7) is 9.58. The van der Waals surface area contributed by atoms with E-state index in [-0.39, 0.29) is 11.9 Å². The number of halogens is 1. The number of benzene rings is 1. The predicted octanol–water partition coefficient (Wildman–Crippen LogP) is 4.31. The number of ether oxygens (including phenoxy) is 1. The van der Waals surface area contributed by atoms with E-state index in [1.54, 1.807) is 6.07 Å². The first kappa shape index (κ1) is 20.4. The molecule has 24 heavy (non-hydrogen) atoms. The molecule has 0 spiro atoms. The molecule has 1 aromatic rings. The van der Waals surface area contributed by atoms with Gasteiger partial charge in [-0.1, -0.05) is 30.5 Å². The van der Waals surface area contributed by atoms with Crippen molar-refractivity contribution in [3.8, 4) is 0 Å². The molecule has 0 unspecified atom stereocenters. The van der Waals surface area contributed by atoms with Crippen molar-refractivity contribution < 1.29 is 13.9 Å². The van der Waals surface area contributed by atoms with E-state index < -0.39 is 5.60 Å². The molecule has 0 aliphatic carbocycles. The fourth-order valence-corrected chi connectivity index (χ4v) is 2.30. The van der Waals surface area contributed by atoms with Crippen LogP contribution in [0.5, 0.6) is 0 Å². The van der Waals surface area contributed by atoms with Crippen LogP contribution in [0.2, 0.25) is 0 Å². The first-order chi connectivity index (χ1) is 11.3. The van der Waals surface area contributed by atoms with Gasteiger partial charge in [0.1, 0.15) is 11.4 Å². The molecule has 0 aromatic heterocycles. The summed E-state index contributed by atoms with van der Waals surface area (Å²) < 4.78 is 18.7. The lowest BCUT2D eigenvalue weighted by Crippen LogP contribution is -2.33. The molecule has 5 heteroatoms. The molecule has 1 rings (SSSR count). The summed E-state index contributed by atoms with van der Waals surface area (Å²) in [6, 6.07) is 5.18. The molecule has 0 fully saturated rings. The zero-order chi connectivity index (χ0) is 18.0. The molecule has 0 radical (unpaired) electrons. The molecule has 0 atom stereocenters. The number of amides is 1. The van der Waals surface area contributed by atoms with Gasteiger partial charge in [-0.15, -0.1) is 0 Å². The molecule has 2 N–H and O–H groups in total. The van der Waals surface area contributed by atoms with E-state index in [4.69, 9.17) is 4.74 Å². The minimum atomic E-state index is -0.452. The summed E-state index contributed by atoms with van der Waals surface area (Å²) in [4.78, 5) is 11.4. The van der Waals surface area contributed by atoms with E-state index in [2.05, 4.69) is 10.6 Å². The highest BCUT2D eigenvalue weighted by atomic mass is 19.1. The molecule has 0 aliphatic rings. The average Bonchev–Trinajstić information content (AvgIpc) is 2.47. The van der Waals surface area contributed by atoms with Gasteiger partial charge in [-0.05, 0) is 53.1 Å². The Bertz CT molecular complexity index is 513. The van der Waals surface area contributed by atoms with Crippen LogP contribution in [0, 0.1) is 12.7 Å². The quantitative estimate of drug-likeness (QED) is 0.660. The number of nitrogens with one attached hydrogen (secondary N) is 2. The molecule has 4 nitrogen and oxygen atoms in total. The maximum Gasteiger partial charge on any atom is 0.407 e. The number of rotatable bonds is 9. The number of hydrogen-bond donors (Lipinski definition) is 2. The molecular weight excluding hydrogens is 307 g/mol. The van der Waals surface area contributed by atoms with Crippen molar-refractivity contribution >= 4 is 6.09 Å². The maximum atomic E-state index is 13.6. The van der Waals surface area contributed by atoms with Crippen LogP contribution in [-0.4, -0.2) is 24.8 Å². The van der Waals surface area contributed by atoms with Crippen LogP contribution >= 0.6 is 0 Å². The third kappa shape index (κ3) is 9.50. The molecule has 0 aliphatic heterocycles. The molecule has 136 valence electrons. The van der Waals surface area contributed by atoms with Gasteiger partial charge in [0.15, 0.2) is 0 Å². The smallest absolute Gasteiger partial charge is 0.407 e. The van der Waals surface area contributed by atoms with Gasteiger partial charge in [0.2, 0.25) is 0 Å². The highest BCUT2D eigenvalue weighted by molar-refractivity contribution is 5.67. The lowest BCUT2D eigenvalue weighted by Gasteiger charge is -2.19. The zero-order valence-corrected chi connectivity index (χ0v) is 15.4. The Balaban J connectivity index is 1.99. The Morgan fingerprint density at radius 3 is 2.46 bits per heavy atom. The van der Waals surface area contributed by atoms with Crippen LogP contribution in [0.4, 0.5) is 9.18 Å². The van der Waals surface area contributed by atoms with E-state index >= 15 is 0 Å². The van der Waals surface area contributed by atoms with Gasteiger partial charge in [-0.2, -0.15) is 0 Å². The number of carbonyl (C=O) groups is 1. The number of carbonyl (C=O) groups excluding carboxylic acids is 1. The Morgan fingerprint density at radius 1 is 1.12 bits per heavy atom. The van der Waals surface area contributed by atoms with Gasteiger partial charge in [0.25, 0.3) is 0 Å². The lowest BCUT2D eigenvalue weighted by atomic mass is 10.1. The molecule has 1 amide bonds. The summed E-state index contributed by atoms with van der Waals surface area (Å²) in [7, 11) is 0. The molecule has 0 bridgehead atoms. The normalized spacial score (nSPS) is 11.4. The van der Waals surface area contributed by atoms with Crippen LogP contribution < -0.4 is 10.6 Å². The van der Waals surface area contributed by atoms with Crippen LogP contribution in [0.15, 0.2) is 18.2 Å². The monoisotopic (exact) mass is 338 g/mol. The third-order valence-corrected chi connectivity index (χ3v) is 3.47. The summed E-state index contributed by atoms with van der Waals surface area (Å²) in [5.41, 5.74) is 1.34. The third-order valence-electron chi connectivity index (χ3n) is 3.47. The van der Waals surface area contributed by atoms with Gasteiger partial charge >= 0.3 is 6.09 Å². The van der Waals surface area contributed by atoms with Crippen molar-refractivity contribution in [2.45, 2.75) is 65.5 Å². The Hall–Kier alpha value is -1.62. The second-order valence-electron chi connectivity index (χ2n) is 7.11. The van der Waals surface area contributed by atoms with Crippen molar-refractivity contribution in [3.05, 3.63) is 35.1 Å². The van der Waals surface area contributed by atoms with Crippen molar-refractivity contribution in [1.29, 1.82) is 0 Å². The van der Waals surface area contributed by atoms with Gasteiger partial charge < -0.3 is 15.4 Å². The number of hydrogen-bond acceptors (Lipinski definition) is 3. The maximum absolute atomic E-state index is 13.6. The van der Waals surface area contributed by atoms with E-state index in [0.29, 0.717) is 13.1 Å². The highest BCUT2D eigenvalue weighted by Gasteiger charge is 2.15. The van der Waals surface area contributed by atoms with Gasteiger partial charge in [-0.25, -0.2) is 9.18 Å². The summed E-state index contributed by atoms with van der Waals surface area (Å²) >= 11 is 0. The average molecular weight is 338 g/mol. The van der Waals surface area contributed by atoms with Gasteiger partial charge in [0.05, 0.1) is 0 Å². The Labute approximate surface area is 145 Å². The molecule has 1 aromatic carbocycles. The lowest BCUT2D eigenvalue weighted by molar-refractivity contribution is 0.0527. The standard InChI is InChI=1S/C19H31FN2O2/c1-15-9-10-17(20)16(13-15)14-21-11-7-5-6-8-12-22-18(23)24-19(2,3)4/h9-10,13,21H,5-8,11-12,14H2,1-4H3,(H,22,23). The zero-order valence-electron chi connectivity index (χ0n) is 15.4. The van der Waals surface area contributed by atoms with E-state index in [9.17, 15) is 9.18 Å². The van der Waals surface area contributed by atoms with Crippen molar-refractivity contribution in [1.82, 2.24) is 10.6 Å². The Kier molecular flexibility index (Phi) is 8.76. The van der Waals surface area contributed by atoms with Crippen molar-refractivity contribution in [2.75, 3.05) is 13.1 Å². The topological polar surface area (TPSA) is 50.4 Å². The van der Waals surface area contributed by atoms with Crippen LogP contribution in [0.25, 0.3) is 0 Å². The largest absolute Gasteiger partial charge is 0.444 e. The minimum absolute atomic E-state index is 0.152. The minimum Gasteiger partial charge on any atom is -0.444 e. The van der Waals surface area contributed by atoms with Crippen LogP contribution in [0.1, 0.15) is 57.6 Å². The SMILES string of the molecule is Cc1ccc(F)c(CNCCCCCCNC(=O)OC(C)(C)C)c1. The highest BCUT2D eigenvalue weighted by Crippen LogP contribution is 2.10. The fourth-order valence-electron chi connectivity index (χ4n) is 2.30. The summed E-state index contributed by atoms with van der Waals surface area (Å²) in [5, 5.41) is 6.03. The molecule has 0 saturated carbocycles. The van der Waals surface area contributed by atoms with Gasteiger partial charge in [0, 0.05) is 18.7 Å². The first-order valence-corrected chi connectivity index (χ1v) is 8.70. The summed E-state index contributed by atoms with van der Waals surface area (Å²) in [5.74, 6) is -0.152. The second-order valence-corrected chi connectivity index (χ2v) is 7.11. The fraction of sp³-hybridized carbons (Fsp3) is 0.632. The first-order valence-electron chi connectivity index (χ1n) is 8.70. The number of alkyl carbamates (subject to hydrolysis) is 1. The second kappa shape index (κ2) is 10.3. The molecule has 0 heterocycles. The van der Waals surface area contributed by atoms with Crippen molar-refractivity contribution in [2.24, 2.45) is 0 Å². The van der Waals surface area contributed by atoms with Gasteiger partial charge in [-0.3, -0.25) is 0 Å².